The van der Waals surface area contributed by atoms with Crippen LogP contribution in [0.25, 0.3) is 0 Å². The second kappa shape index (κ2) is 6.93. The molecule has 2 rings (SSSR count). The Morgan fingerprint density at radius 3 is 2.82 bits per heavy atom. The van der Waals surface area contributed by atoms with Crippen LogP contribution in [-0.2, 0) is 13.0 Å². The van der Waals surface area contributed by atoms with E-state index >= 15 is 0 Å². The van der Waals surface area contributed by atoms with Gasteiger partial charge in [-0.1, -0.05) is 19.0 Å². The van der Waals surface area contributed by atoms with Gasteiger partial charge in [-0.2, -0.15) is 0 Å². The van der Waals surface area contributed by atoms with Gasteiger partial charge in [0, 0.05) is 12.1 Å². The molecule has 7 nitrogen and oxygen atoms in total. The van der Waals surface area contributed by atoms with Crippen LogP contribution in [0.4, 0.5) is 0 Å². The third-order valence-electron chi connectivity index (χ3n) is 2.89. The van der Waals surface area contributed by atoms with E-state index in [1.807, 2.05) is 0 Å². The van der Waals surface area contributed by atoms with Gasteiger partial charge in [0.15, 0.2) is 11.5 Å². The highest BCUT2D eigenvalue weighted by Crippen LogP contribution is 2.09. The number of nitrogens with one attached hydrogen (secondary N) is 1. The first-order valence-corrected chi connectivity index (χ1v) is 6.89. The minimum atomic E-state index is -0.512. The molecule has 0 aromatic carbocycles. The monoisotopic (exact) mass is 306 g/mol. The van der Waals surface area contributed by atoms with Gasteiger partial charge in [-0.05, 0) is 12.3 Å². The fourth-order valence-electron chi connectivity index (χ4n) is 1.88. The van der Waals surface area contributed by atoms with E-state index in [2.05, 4.69) is 24.3 Å². The van der Waals surface area contributed by atoms with Gasteiger partial charge in [0.05, 0.1) is 19.3 Å². The van der Waals surface area contributed by atoms with Gasteiger partial charge in [0.1, 0.15) is 6.26 Å². The number of methoxy groups -OCH3 is 1. The van der Waals surface area contributed by atoms with Crippen LogP contribution >= 0.6 is 0 Å². The van der Waals surface area contributed by atoms with Crippen LogP contribution in [0.3, 0.4) is 0 Å². The first kappa shape index (κ1) is 15.8. The van der Waals surface area contributed by atoms with Gasteiger partial charge in [-0.25, -0.2) is 0 Å². The van der Waals surface area contributed by atoms with E-state index in [1.54, 1.807) is 6.07 Å². The number of carbonyl (C=O) groups is 1. The number of hydrogen-bond donors (Lipinski definition) is 1. The van der Waals surface area contributed by atoms with E-state index in [4.69, 9.17) is 13.7 Å². The van der Waals surface area contributed by atoms with E-state index in [9.17, 15) is 9.59 Å². The van der Waals surface area contributed by atoms with Crippen LogP contribution in [0, 0.1) is 5.92 Å². The maximum atomic E-state index is 11.9. The molecule has 0 atom stereocenters. The second-order valence-electron chi connectivity index (χ2n) is 5.24. The maximum Gasteiger partial charge on any atom is 0.287 e. The lowest BCUT2D eigenvalue weighted by Gasteiger charge is -2.02. The quantitative estimate of drug-likeness (QED) is 0.874. The number of carbonyl (C=O) groups excluding carboxylic acids is 1. The molecule has 2 heterocycles. The Kier molecular flexibility index (Phi) is 4.98. The van der Waals surface area contributed by atoms with Crippen molar-refractivity contribution in [2.75, 3.05) is 7.11 Å². The summed E-state index contributed by atoms with van der Waals surface area (Å²) in [6.45, 7) is 4.34. The molecule has 0 aliphatic carbocycles. The van der Waals surface area contributed by atoms with Crippen molar-refractivity contribution >= 4 is 5.91 Å². The summed E-state index contributed by atoms with van der Waals surface area (Å²) in [6, 6.07) is 2.88. The summed E-state index contributed by atoms with van der Waals surface area (Å²) in [5.74, 6) is 0.459. The molecule has 1 N–H and O–H groups in total. The number of amides is 1. The molecule has 0 bridgehead atoms. The Labute approximate surface area is 127 Å². The Morgan fingerprint density at radius 1 is 1.41 bits per heavy atom. The summed E-state index contributed by atoms with van der Waals surface area (Å²) in [5.41, 5.74) is 0.424. The molecule has 1 amide bonds. The molecule has 0 aliphatic heterocycles. The van der Waals surface area contributed by atoms with Crippen LogP contribution in [0.15, 0.2) is 32.1 Å². The van der Waals surface area contributed by atoms with E-state index in [-0.39, 0.29) is 18.1 Å². The maximum absolute atomic E-state index is 11.9. The van der Waals surface area contributed by atoms with Gasteiger partial charge in [0.25, 0.3) is 5.91 Å². The summed E-state index contributed by atoms with van der Waals surface area (Å²) in [6.07, 6.45) is 1.91. The lowest BCUT2D eigenvalue weighted by molar-refractivity contribution is 0.0916. The lowest BCUT2D eigenvalue weighted by Crippen LogP contribution is -2.23. The smallest absolute Gasteiger partial charge is 0.287 e. The van der Waals surface area contributed by atoms with Crippen molar-refractivity contribution in [3.63, 3.8) is 0 Å². The predicted molar refractivity (Wildman–Crippen MR) is 77.7 cm³/mol. The second-order valence-corrected chi connectivity index (χ2v) is 5.24. The highest BCUT2D eigenvalue weighted by molar-refractivity contribution is 5.91. The topological polar surface area (TPSA) is 94.6 Å². The van der Waals surface area contributed by atoms with Gasteiger partial charge in [-0.15, -0.1) is 0 Å². The average Bonchev–Trinajstić information content (AvgIpc) is 2.91. The Morgan fingerprint density at radius 2 is 2.18 bits per heavy atom. The van der Waals surface area contributed by atoms with E-state index in [1.165, 1.54) is 7.11 Å². The Bertz CT molecular complexity index is 702. The number of aromatic nitrogens is 1. The summed E-state index contributed by atoms with van der Waals surface area (Å²) in [5, 5.41) is 6.53. The molecule has 22 heavy (non-hydrogen) atoms. The van der Waals surface area contributed by atoms with Crippen LogP contribution in [0.5, 0.6) is 5.75 Å². The molecular weight excluding hydrogens is 288 g/mol. The molecule has 0 saturated heterocycles. The largest absolute Gasteiger partial charge is 0.490 e. The Hall–Kier alpha value is -2.57. The normalized spacial score (nSPS) is 10.7. The molecule has 0 unspecified atom stereocenters. The van der Waals surface area contributed by atoms with Crippen molar-refractivity contribution in [1.29, 1.82) is 0 Å². The van der Waals surface area contributed by atoms with Crippen LogP contribution in [0.2, 0.25) is 0 Å². The van der Waals surface area contributed by atoms with Gasteiger partial charge in [-0.3, -0.25) is 9.59 Å². The molecule has 7 heteroatoms. The zero-order valence-corrected chi connectivity index (χ0v) is 12.7. The molecule has 118 valence electrons. The SMILES string of the molecule is COc1coc(C(=O)NCc2cc(CC(C)C)no2)cc1=O. The van der Waals surface area contributed by atoms with Crippen molar-refractivity contribution in [2.45, 2.75) is 26.8 Å². The molecule has 0 aliphatic rings. The molecule has 0 spiro atoms. The van der Waals surface area contributed by atoms with Crippen molar-refractivity contribution in [3.05, 3.63) is 45.8 Å². The van der Waals surface area contributed by atoms with Gasteiger partial charge >= 0.3 is 0 Å². The van der Waals surface area contributed by atoms with Crippen molar-refractivity contribution < 1.29 is 18.5 Å². The molecule has 0 fully saturated rings. The standard InChI is InChI=1S/C15H18N2O5/c1-9(2)4-10-5-11(22-17-10)7-16-15(19)13-6-12(18)14(20-3)8-21-13/h5-6,8-9H,4,7H2,1-3H3,(H,16,19). The number of hydrogen-bond acceptors (Lipinski definition) is 6. The first-order valence-electron chi connectivity index (χ1n) is 6.89. The fourth-order valence-corrected chi connectivity index (χ4v) is 1.88. The zero-order chi connectivity index (χ0) is 16.1. The third kappa shape index (κ3) is 3.97. The van der Waals surface area contributed by atoms with Crippen molar-refractivity contribution in [2.24, 2.45) is 5.92 Å². The fraction of sp³-hybridized carbons (Fsp3) is 0.400. The molecule has 2 aromatic rings. The summed E-state index contributed by atoms with van der Waals surface area (Å²) in [7, 11) is 1.35. The summed E-state index contributed by atoms with van der Waals surface area (Å²) >= 11 is 0. The average molecular weight is 306 g/mol. The zero-order valence-electron chi connectivity index (χ0n) is 12.7. The number of rotatable bonds is 6. The highest BCUT2D eigenvalue weighted by Gasteiger charge is 2.13. The van der Waals surface area contributed by atoms with E-state index < -0.39 is 11.3 Å². The summed E-state index contributed by atoms with van der Waals surface area (Å²) < 4.78 is 15.0. The molecule has 2 aromatic heterocycles. The van der Waals surface area contributed by atoms with Gasteiger partial charge in [0.2, 0.25) is 11.2 Å². The first-order chi connectivity index (χ1) is 10.5. The van der Waals surface area contributed by atoms with Crippen molar-refractivity contribution in [3.8, 4) is 5.75 Å². The number of nitrogens with zero attached hydrogens (tertiary/aromatic N) is 1. The third-order valence-corrected chi connectivity index (χ3v) is 2.89. The van der Waals surface area contributed by atoms with Gasteiger partial charge < -0.3 is 19.0 Å². The van der Waals surface area contributed by atoms with E-state index in [0.717, 1.165) is 24.4 Å². The van der Waals surface area contributed by atoms with Crippen LogP contribution in [0.1, 0.15) is 35.9 Å². The summed E-state index contributed by atoms with van der Waals surface area (Å²) in [4.78, 5) is 23.5. The van der Waals surface area contributed by atoms with Crippen LogP contribution in [-0.4, -0.2) is 18.2 Å². The van der Waals surface area contributed by atoms with Crippen LogP contribution < -0.4 is 15.5 Å². The molecule has 0 saturated carbocycles. The Balaban J connectivity index is 1.96. The lowest BCUT2D eigenvalue weighted by atomic mass is 10.1. The highest BCUT2D eigenvalue weighted by atomic mass is 16.5. The number of ether oxygens (including phenoxy) is 1. The minimum absolute atomic E-state index is 0.0464. The molecular formula is C15H18N2O5. The minimum Gasteiger partial charge on any atom is -0.490 e. The van der Waals surface area contributed by atoms with E-state index in [0.29, 0.717) is 11.7 Å². The molecule has 0 radical (unpaired) electrons. The van der Waals surface area contributed by atoms with Crippen molar-refractivity contribution in [1.82, 2.24) is 10.5 Å². The predicted octanol–water partition coefficient (Wildman–Crippen LogP) is 1.76.